The van der Waals surface area contributed by atoms with Crippen LogP contribution in [-0.2, 0) is 0 Å². The molecule has 3 rings (SSSR count). The zero-order chi connectivity index (χ0) is 10.3. The molecule has 2 N–H and O–H groups in total. The van der Waals surface area contributed by atoms with Crippen LogP contribution in [0.5, 0.6) is 0 Å². The second kappa shape index (κ2) is 3.10. The van der Waals surface area contributed by atoms with Crippen LogP contribution in [0.4, 0.5) is 5.82 Å². The summed E-state index contributed by atoms with van der Waals surface area (Å²) in [6, 6.07) is 12.3. The molecule has 0 bridgehead atoms. The summed E-state index contributed by atoms with van der Waals surface area (Å²) in [6.45, 7) is 2.00. The Bertz CT molecular complexity index is 475. The third-order valence-corrected chi connectivity index (χ3v) is 2.55. The molecule has 0 saturated heterocycles. The van der Waals surface area contributed by atoms with E-state index in [0.29, 0.717) is 0 Å². The molecule has 4 heteroatoms. The zero-order valence-electron chi connectivity index (χ0n) is 8.44. The van der Waals surface area contributed by atoms with Crippen molar-refractivity contribution in [3.05, 3.63) is 47.7 Å². The predicted molar refractivity (Wildman–Crippen MR) is 58.3 cm³/mol. The number of nitrogens with one attached hydrogen (secondary N) is 2. The molecule has 0 fully saturated rings. The first-order valence-electron chi connectivity index (χ1n) is 4.97. The molecule has 76 valence electrons. The highest BCUT2D eigenvalue weighted by atomic mass is 15.6. The maximum Gasteiger partial charge on any atom is 0.146 e. The molecular weight excluding hydrogens is 188 g/mol. The van der Waals surface area contributed by atoms with Crippen molar-refractivity contribution in [1.82, 2.24) is 15.2 Å². The van der Waals surface area contributed by atoms with Gasteiger partial charge in [-0.2, -0.15) is 5.10 Å². The number of fused-ring (bicyclic) bond motifs is 1. The van der Waals surface area contributed by atoms with Gasteiger partial charge in [-0.3, -0.25) is 0 Å². The molecule has 1 unspecified atom stereocenters. The van der Waals surface area contributed by atoms with Gasteiger partial charge in [0.15, 0.2) is 0 Å². The summed E-state index contributed by atoms with van der Waals surface area (Å²) in [4.78, 5) is 0. The van der Waals surface area contributed by atoms with Crippen molar-refractivity contribution in [1.29, 1.82) is 0 Å². The van der Waals surface area contributed by atoms with E-state index in [1.54, 1.807) is 0 Å². The minimum absolute atomic E-state index is 0.0925. The van der Waals surface area contributed by atoms with Crippen LogP contribution < -0.4 is 10.9 Å². The summed E-state index contributed by atoms with van der Waals surface area (Å²) in [5, 5.41) is 4.44. The van der Waals surface area contributed by atoms with Crippen molar-refractivity contribution in [3.8, 4) is 0 Å². The third kappa shape index (κ3) is 1.30. The number of rotatable bonds is 1. The van der Waals surface area contributed by atoms with E-state index < -0.39 is 0 Å². The lowest BCUT2D eigenvalue weighted by Gasteiger charge is -2.11. The van der Waals surface area contributed by atoms with Crippen molar-refractivity contribution >= 4 is 5.82 Å². The van der Waals surface area contributed by atoms with Gasteiger partial charge in [0.2, 0.25) is 0 Å². The zero-order valence-corrected chi connectivity index (χ0v) is 8.44. The van der Waals surface area contributed by atoms with E-state index in [9.17, 15) is 0 Å². The molecular formula is C11H12N4. The highest BCUT2D eigenvalue weighted by Gasteiger charge is 2.23. The first-order chi connectivity index (χ1) is 7.34. The van der Waals surface area contributed by atoms with Crippen LogP contribution in [0.3, 0.4) is 0 Å². The van der Waals surface area contributed by atoms with Gasteiger partial charge in [-0.1, -0.05) is 30.3 Å². The lowest BCUT2D eigenvalue weighted by atomic mass is 10.2. The molecule has 0 aliphatic carbocycles. The third-order valence-electron chi connectivity index (χ3n) is 2.55. The Hall–Kier alpha value is -1.81. The Morgan fingerprint density at radius 3 is 2.87 bits per heavy atom. The van der Waals surface area contributed by atoms with Crippen molar-refractivity contribution in [2.24, 2.45) is 0 Å². The summed E-state index contributed by atoms with van der Waals surface area (Å²) in [5.74, 6) is 1.02. The summed E-state index contributed by atoms with van der Waals surface area (Å²) >= 11 is 0. The molecule has 2 aromatic rings. The van der Waals surface area contributed by atoms with E-state index in [1.165, 1.54) is 5.56 Å². The highest BCUT2D eigenvalue weighted by Crippen LogP contribution is 2.25. The summed E-state index contributed by atoms with van der Waals surface area (Å²) < 4.78 is 1.96. The number of hydrogen-bond acceptors (Lipinski definition) is 3. The number of hydrogen-bond donors (Lipinski definition) is 2. The van der Waals surface area contributed by atoms with E-state index in [2.05, 4.69) is 28.1 Å². The summed E-state index contributed by atoms with van der Waals surface area (Å²) in [6.07, 6.45) is 0.0925. The molecule has 0 amide bonds. The number of nitrogens with zero attached hydrogens (tertiary/aromatic N) is 2. The average Bonchev–Trinajstić information content (AvgIpc) is 2.77. The quantitative estimate of drug-likeness (QED) is 0.735. The van der Waals surface area contributed by atoms with Crippen molar-refractivity contribution in [3.63, 3.8) is 0 Å². The van der Waals surface area contributed by atoms with Crippen molar-refractivity contribution in [2.45, 2.75) is 13.1 Å². The molecule has 1 atom stereocenters. The Labute approximate surface area is 87.9 Å². The number of benzene rings is 1. The second-order valence-corrected chi connectivity index (χ2v) is 3.70. The maximum absolute atomic E-state index is 4.44. The number of anilines is 1. The minimum Gasteiger partial charge on any atom is -0.304 e. The molecule has 4 nitrogen and oxygen atoms in total. The van der Waals surface area contributed by atoms with Crippen LogP contribution in [0.2, 0.25) is 0 Å². The van der Waals surface area contributed by atoms with Crippen LogP contribution in [0.25, 0.3) is 0 Å². The molecule has 1 aromatic heterocycles. The van der Waals surface area contributed by atoms with Crippen LogP contribution in [-0.4, -0.2) is 9.78 Å². The Morgan fingerprint density at radius 2 is 2.07 bits per heavy atom. The Kier molecular flexibility index (Phi) is 1.76. The summed E-state index contributed by atoms with van der Waals surface area (Å²) in [7, 11) is 0. The van der Waals surface area contributed by atoms with E-state index in [0.717, 1.165) is 11.5 Å². The molecule has 0 saturated carbocycles. The predicted octanol–water partition coefficient (Wildman–Crippen LogP) is 1.67. The van der Waals surface area contributed by atoms with Gasteiger partial charge < -0.3 is 5.43 Å². The van der Waals surface area contributed by atoms with E-state index in [-0.39, 0.29) is 6.17 Å². The van der Waals surface area contributed by atoms with E-state index >= 15 is 0 Å². The SMILES string of the molecule is Cc1cc2n(n1)C(c1ccccc1)NN2. The monoisotopic (exact) mass is 200 g/mol. The molecule has 15 heavy (non-hydrogen) atoms. The fourth-order valence-electron chi connectivity index (χ4n) is 1.87. The smallest absolute Gasteiger partial charge is 0.146 e. The molecule has 0 spiro atoms. The average molecular weight is 200 g/mol. The van der Waals surface area contributed by atoms with Gasteiger partial charge in [-0.25, -0.2) is 10.1 Å². The molecule has 1 aromatic carbocycles. The van der Waals surface area contributed by atoms with Gasteiger partial charge in [0.05, 0.1) is 5.69 Å². The molecule has 1 aliphatic heterocycles. The lowest BCUT2D eigenvalue weighted by Crippen LogP contribution is -2.23. The fraction of sp³-hybridized carbons (Fsp3) is 0.182. The lowest BCUT2D eigenvalue weighted by molar-refractivity contribution is 0.514. The van der Waals surface area contributed by atoms with Gasteiger partial charge in [-0.05, 0) is 12.5 Å². The van der Waals surface area contributed by atoms with Crippen molar-refractivity contribution in [2.75, 3.05) is 5.43 Å². The highest BCUT2D eigenvalue weighted by molar-refractivity contribution is 5.41. The van der Waals surface area contributed by atoms with Gasteiger partial charge in [0, 0.05) is 6.07 Å². The normalized spacial score (nSPS) is 18.6. The molecule has 0 radical (unpaired) electrons. The van der Waals surface area contributed by atoms with E-state index in [1.807, 2.05) is 35.9 Å². The van der Waals surface area contributed by atoms with Gasteiger partial charge >= 0.3 is 0 Å². The fourth-order valence-corrected chi connectivity index (χ4v) is 1.87. The Morgan fingerprint density at radius 1 is 1.27 bits per heavy atom. The van der Waals surface area contributed by atoms with Gasteiger partial charge in [0.25, 0.3) is 0 Å². The van der Waals surface area contributed by atoms with Gasteiger partial charge in [-0.15, -0.1) is 0 Å². The Balaban J connectivity index is 2.03. The minimum atomic E-state index is 0.0925. The van der Waals surface area contributed by atoms with Crippen LogP contribution >= 0.6 is 0 Å². The summed E-state index contributed by atoms with van der Waals surface area (Å²) in [5.41, 5.74) is 8.54. The van der Waals surface area contributed by atoms with Crippen molar-refractivity contribution < 1.29 is 0 Å². The number of aromatic nitrogens is 2. The molecule has 2 heterocycles. The standard InChI is InChI=1S/C11H12N4/c1-8-7-10-12-13-11(15(10)14-8)9-5-3-2-4-6-9/h2-7,11-13H,1H3. The van der Waals surface area contributed by atoms with Crippen LogP contribution in [0.15, 0.2) is 36.4 Å². The van der Waals surface area contributed by atoms with Gasteiger partial charge in [0.1, 0.15) is 12.0 Å². The van der Waals surface area contributed by atoms with Crippen LogP contribution in [0.1, 0.15) is 17.4 Å². The van der Waals surface area contributed by atoms with Crippen LogP contribution in [0, 0.1) is 6.92 Å². The number of aryl methyl sites for hydroxylation is 1. The first-order valence-corrected chi connectivity index (χ1v) is 4.97. The number of hydrazine groups is 1. The molecule has 1 aliphatic rings. The maximum atomic E-state index is 4.44. The second-order valence-electron chi connectivity index (χ2n) is 3.70. The topological polar surface area (TPSA) is 41.9 Å². The first kappa shape index (κ1) is 8.49. The van der Waals surface area contributed by atoms with E-state index in [4.69, 9.17) is 0 Å². The largest absolute Gasteiger partial charge is 0.304 e.